The van der Waals surface area contributed by atoms with Crippen LogP contribution in [0.2, 0.25) is 5.02 Å². The quantitative estimate of drug-likeness (QED) is 0.659. The molecule has 0 unspecified atom stereocenters. The van der Waals surface area contributed by atoms with E-state index in [1.807, 2.05) is 24.3 Å². The third-order valence-corrected chi connectivity index (χ3v) is 4.42. The molecule has 28 heavy (non-hydrogen) atoms. The lowest BCUT2D eigenvalue weighted by molar-refractivity contribution is 0.102. The van der Waals surface area contributed by atoms with Crippen molar-refractivity contribution in [2.45, 2.75) is 6.42 Å². The number of hydrogen-bond donors (Lipinski definition) is 2. The molecule has 0 bridgehead atoms. The summed E-state index contributed by atoms with van der Waals surface area (Å²) < 4.78 is 10.6. The van der Waals surface area contributed by atoms with Gasteiger partial charge in [0.15, 0.2) is 11.5 Å². The molecule has 8 heteroatoms. The summed E-state index contributed by atoms with van der Waals surface area (Å²) in [6, 6.07) is 14.5. The second kappa shape index (κ2) is 8.14. The second-order valence-corrected chi connectivity index (χ2v) is 6.55. The normalized spacial score (nSPS) is 11.9. The molecule has 2 aromatic carbocycles. The Morgan fingerprint density at radius 1 is 1.04 bits per heavy atom. The summed E-state index contributed by atoms with van der Waals surface area (Å²) in [7, 11) is 0. The minimum Gasteiger partial charge on any atom is -0.454 e. The molecule has 0 atom stereocenters. The highest BCUT2D eigenvalue weighted by Crippen LogP contribution is 2.34. The fourth-order valence-corrected chi connectivity index (χ4v) is 2.86. The zero-order chi connectivity index (χ0) is 19.3. The van der Waals surface area contributed by atoms with Gasteiger partial charge in [0.2, 0.25) is 6.79 Å². The molecule has 4 rings (SSSR count). The Morgan fingerprint density at radius 3 is 2.71 bits per heavy atom. The molecule has 1 aliphatic heterocycles. The summed E-state index contributed by atoms with van der Waals surface area (Å²) in [4.78, 5) is 20.7. The van der Waals surface area contributed by atoms with Gasteiger partial charge in [-0.05, 0) is 36.2 Å². The average molecular weight is 397 g/mol. The second-order valence-electron chi connectivity index (χ2n) is 6.11. The van der Waals surface area contributed by atoms with E-state index >= 15 is 0 Å². The van der Waals surface area contributed by atoms with Crippen molar-refractivity contribution in [1.82, 2.24) is 9.97 Å². The Morgan fingerprint density at radius 2 is 1.86 bits per heavy atom. The number of carbonyl (C=O) groups is 1. The molecular weight excluding hydrogens is 380 g/mol. The number of amides is 1. The average Bonchev–Trinajstić information content (AvgIpc) is 3.18. The summed E-state index contributed by atoms with van der Waals surface area (Å²) in [5.74, 6) is 1.51. The first-order valence-corrected chi connectivity index (χ1v) is 9.06. The fraction of sp³-hybridized carbons (Fsp3) is 0.150. The molecule has 0 aliphatic carbocycles. The minimum absolute atomic E-state index is 0.184. The highest BCUT2D eigenvalue weighted by atomic mass is 35.5. The molecule has 3 aromatic rings. The predicted molar refractivity (Wildman–Crippen MR) is 106 cm³/mol. The maximum Gasteiger partial charge on any atom is 0.274 e. The van der Waals surface area contributed by atoms with Crippen LogP contribution < -0.4 is 20.1 Å². The van der Waals surface area contributed by atoms with E-state index in [0.29, 0.717) is 34.6 Å². The van der Waals surface area contributed by atoms with Crippen LogP contribution in [0, 0.1) is 0 Å². The maximum atomic E-state index is 12.5. The number of aromatic nitrogens is 2. The van der Waals surface area contributed by atoms with Gasteiger partial charge in [0.1, 0.15) is 17.8 Å². The van der Waals surface area contributed by atoms with Crippen molar-refractivity contribution < 1.29 is 14.3 Å². The van der Waals surface area contributed by atoms with Crippen molar-refractivity contribution in [3.63, 3.8) is 0 Å². The van der Waals surface area contributed by atoms with Crippen LogP contribution in [0.3, 0.4) is 0 Å². The lowest BCUT2D eigenvalue weighted by Gasteiger charge is -2.08. The van der Waals surface area contributed by atoms with Crippen molar-refractivity contribution >= 4 is 29.0 Å². The van der Waals surface area contributed by atoms with Crippen LogP contribution >= 0.6 is 11.6 Å². The summed E-state index contributed by atoms with van der Waals surface area (Å²) in [6.07, 6.45) is 2.17. The van der Waals surface area contributed by atoms with Crippen LogP contribution in [0.5, 0.6) is 11.5 Å². The van der Waals surface area contributed by atoms with Crippen molar-refractivity contribution in [3.8, 4) is 11.5 Å². The van der Waals surface area contributed by atoms with Crippen LogP contribution in [0.25, 0.3) is 0 Å². The molecule has 0 saturated heterocycles. The zero-order valence-corrected chi connectivity index (χ0v) is 15.6. The van der Waals surface area contributed by atoms with Crippen LogP contribution in [-0.4, -0.2) is 29.2 Å². The highest BCUT2D eigenvalue weighted by molar-refractivity contribution is 6.30. The van der Waals surface area contributed by atoms with Gasteiger partial charge in [-0.2, -0.15) is 0 Å². The van der Waals surface area contributed by atoms with Gasteiger partial charge in [0, 0.05) is 29.4 Å². The number of halogens is 1. The van der Waals surface area contributed by atoms with E-state index in [-0.39, 0.29) is 18.4 Å². The van der Waals surface area contributed by atoms with Crippen LogP contribution in [0.1, 0.15) is 16.1 Å². The molecular formula is C20H17ClN4O3. The van der Waals surface area contributed by atoms with Gasteiger partial charge in [-0.25, -0.2) is 9.97 Å². The number of nitrogens with zero attached hydrogens (tertiary/aromatic N) is 2. The first-order chi connectivity index (χ1) is 13.7. The summed E-state index contributed by atoms with van der Waals surface area (Å²) >= 11 is 5.89. The minimum atomic E-state index is -0.331. The number of ether oxygens (including phenoxy) is 2. The van der Waals surface area contributed by atoms with Gasteiger partial charge >= 0.3 is 0 Å². The standard InChI is InChI=1S/C20H17ClN4O3/c21-14-3-1-13(2-4-14)7-8-22-19-10-16(23-11-24-19)20(26)25-15-5-6-17-18(9-15)28-12-27-17/h1-6,9-11H,7-8,12H2,(H,25,26)(H,22,23,24). The van der Waals surface area contributed by atoms with Gasteiger partial charge in [0.05, 0.1) is 0 Å². The number of hydrogen-bond acceptors (Lipinski definition) is 6. The molecule has 7 nitrogen and oxygen atoms in total. The Balaban J connectivity index is 1.36. The fourth-order valence-electron chi connectivity index (χ4n) is 2.73. The Labute approximate surface area is 166 Å². The number of nitrogens with one attached hydrogen (secondary N) is 2. The van der Waals surface area contributed by atoms with Crippen LogP contribution in [0.15, 0.2) is 54.9 Å². The smallest absolute Gasteiger partial charge is 0.274 e. The van der Waals surface area contributed by atoms with Gasteiger partial charge in [0.25, 0.3) is 5.91 Å². The number of anilines is 2. The van der Waals surface area contributed by atoms with E-state index in [9.17, 15) is 4.79 Å². The lowest BCUT2D eigenvalue weighted by atomic mass is 10.1. The summed E-state index contributed by atoms with van der Waals surface area (Å²) in [5, 5.41) is 6.71. The van der Waals surface area contributed by atoms with Gasteiger partial charge < -0.3 is 20.1 Å². The third kappa shape index (κ3) is 4.32. The van der Waals surface area contributed by atoms with Gasteiger partial charge in [-0.3, -0.25) is 4.79 Å². The van der Waals surface area contributed by atoms with Crippen molar-refractivity contribution in [3.05, 3.63) is 71.1 Å². The zero-order valence-electron chi connectivity index (χ0n) is 14.8. The van der Waals surface area contributed by atoms with E-state index in [4.69, 9.17) is 21.1 Å². The largest absolute Gasteiger partial charge is 0.454 e. The first kappa shape index (κ1) is 18.1. The van der Waals surface area contributed by atoms with Crippen molar-refractivity contribution in [2.24, 2.45) is 0 Å². The van der Waals surface area contributed by atoms with E-state index in [1.165, 1.54) is 6.33 Å². The Kier molecular flexibility index (Phi) is 5.25. The number of benzene rings is 2. The Bertz CT molecular complexity index is 995. The molecule has 2 N–H and O–H groups in total. The maximum absolute atomic E-state index is 12.5. The van der Waals surface area contributed by atoms with Gasteiger partial charge in [-0.1, -0.05) is 23.7 Å². The molecule has 0 saturated carbocycles. The predicted octanol–water partition coefficient (Wildman–Crippen LogP) is 3.77. The monoisotopic (exact) mass is 396 g/mol. The molecule has 2 heterocycles. The number of carbonyl (C=O) groups excluding carboxylic acids is 1. The van der Waals surface area contributed by atoms with Crippen LogP contribution in [0.4, 0.5) is 11.5 Å². The molecule has 0 radical (unpaired) electrons. The van der Waals surface area contributed by atoms with E-state index in [0.717, 1.165) is 12.0 Å². The molecule has 1 aliphatic rings. The van der Waals surface area contributed by atoms with Crippen LogP contribution in [-0.2, 0) is 6.42 Å². The van der Waals surface area contributed by atoms with E-state index in [2.05, 4.69) is 20.6 Å². The van der Waals surface area contributed by atoms with Gasteiger partial charge in [-0.15, -0.1) is 0 Å². The van der Waals surface area contributed by atoms with E-state index in [1.54, 1.807) is 24.3 Å². The summed E-state index contributed by atoms with van der Waals surface area (Å²) in [6.45, 7) is 0.853. The first-order valence-electron chi connectivity index (χ1n) is 8.69. The molecule has 0 spiro atoms. The molecule has 1 aromatic heterocycles. The molecule has 142 valence electrons. The molecule has 0 fully saturated rings. The number of rotatable bonds is 6. The Hall–Kier alpha value is -3.32. The number of fused-ring (bicyclic) bond motifs is 1. The topological polar surface area (TPSA) is 85.4 Å². The molecule has 1 amide bonds. The van der Waals surface area contributed by atoms with Crippen molar-refractivity contribution in [1.29, 1.82) is 0 Å². The SMILES string of the molecule is O=C(Nc1ccc2c(c1)OCO2)c1cc(NCCc2ccc(Cl)cc2)ncn1. The van der Waals surface area contributed by atoms with E-state index < -0.39 is 0 Å². The summed E-state index contributed by atoms with van der Waals surface area (Å²) in [5.41, 5.74) is 2.03. The third-order valence-electron chi connectivity index (χ3n) is 4.16. The van der Waals surface area contributed by atoms with Crippen molar-refractivity contribution in [2.75, 3.05) is 24.0 Å². The lowest BCUT2D eigenvalue weighted by Crippen LogP contribution is -2.15. The highest BCUT2D eigenvalue weighted by Gasteiger charge is 2.15.